The minimum absolute atomic E-state index is 0.218. The van der Waals surface area contributed by atoms with Gasteiger partial charge in [-0.15, -0.1) is 0 Å². The fourth-order valence-electron chi connectivity index (χ4n) is 1.52. The highest BCUT2D eigenvalue weighted by atomic mass is 79.9. The van der Waals surface area contributed by atoms with E-state index in [0.29, 0.717) is 6.79 Å². The number of hydrogen-bond acceptors (Lipinski definition) is 4. The van der Waals surface area contributed by atoms with E-state index in [1.54, 1.807) is 0 Å². The Bertz CT molecular complexity index is 370. The Morgan fingerprint density at radius 3 is 2.81 bits per heavy atom. The molecule has 0 saturated heterocycles. The van der Waals surface area contributed by atoms with E-state index in [1.165, 1.54) is 0 Å². The number of hydrogen-bond donors (Lipinski definition) is 2. The second-order valence-corrected chi connectivity index (χ2v) is 4.41. The van der Waals surface area contributed by atoms with Crippen molar-refractivity contribution < 1.29 is 14.6 Å². The Kier molecular flexibility index (Phi) is 4.04. The Hall–Kier alpha value is -0.780. The molecule has 1 heterocycles. The maximum atomic E-state index is 8.66. The SMILES string of the molecule is OCCCNCc1cc2c(cc1Br)OCO2. The topological polar surface area (TPSA) is 50.7 Å². The maximum Gasteiger partial charge on any atom is 0.231 e. The van der Waals surface area contributed by atoms with Gasteiger partial charge in [-0.2, -0.15) is 0 Å². The molecule has 0 aromatic heterocycles. The zero-order valence-corrected chi connectivity index (χ0v) is 10.4. The molecule has 0 fully saturated rings. The molecule has 0 aliphatic carbocycles. The van der Waals surface area contributed by atoms with Crippen LogP contribution in [0.2, 0.25) is 0 Å². The molecule has 2 rings (SSSR count). The van der Waals surface area contributed by atoms with Gasteiger partial charge >= 0.3 is 0 Å². The van der Waals surface area contributed by atoms with Crippen LogP contribution in [0.1, 0.15) is 12.0 Å². The number of aliphatic hydroxyl groups is 1. The van der Waals surface area contributed by atoms with E-state index >= 15 is 0 Å². The van der Waals surface area contributed by atoms with Crippen LogP contribution in [-0.4, -0.2) is 25.1 Å². The molecule has 0 spiro atoms. The molecule has 16 heavy (non-hydrogen) atoms. The molecule has 0 atom stereocenters. The number of benzene rings is 1. The average molecular weight is 288 g/mol. The van der Waals surface area contributed by atoms with Gasteiger partial charge in [0.05, 0.1) is 0 Å². The lowest BCUT2D eigenvalue weighted by molar-refractivity contribution is 0.174. The number of aliphatic hydroxyl groups excluding tert-OH is 1. The number of halogens is 1. The summed E-state index contributed by atoms with van der Waals surface area (Å²) >= 11 is 3.49. The minimum atomic E-state index is 0.218. The van der Waals surface area contributed by atoms with E-state index in [4.69, 9.17) is 14.6 Å². The Morgan fingerprint density at radius 2 is 2.06 bits per heavy atom. The van der Waals surface area contributed by atoms with Gasteiger partial charge < -0.3 is 19.9 Å². The highest BCUT2D eigenvalue weighted by molar-refractivity contribution is 9.10. The molecule has 5 heteroatoms. The van der Waals surface area contributed by atoms with E-state index < -0.39 is 0 Å². The molecule has 0 unspecified atom stereocenters. The molecular formula is C11H14BrNO3. The first-order valence-electron chi connectivity index (χ1n) is 5.21. The fourth-order valence-corrected chi connectivity index (χ4v) is 1.98. The molecule has 0 saturated carbocycles. The summed E-state index contributed by atoms with van der Waals surface area (Å²) in [6, 6.07) is 3.89. The zero-order valence-electron chi connectivity index (χ0n) is 8.83. The van der Waals surface area contributed by atoms with Crippen LogP contribution in [0, 0.1) is 0 Å². The second kappa shape index (κ2) is 5.52. The summed E-state index contributed by atoms with van der Waals surface area (Å²) in [6.45, 7) is 2.06. The number of rotatable bonds is 5. The van der Waals surface area contributed by atoms with Crippen molar-refractivity contribution in [1.29, 1.82) is 0 Å². The number of nitrogens with one attached hydrogen (secondary N) is 1. The van der Waals surface area contributed by atoms with Crippen LogP contribution in [0.15, 0.2) is 16.6 Å². The molecule has 0 amide bonds. The van der Waals surface area contributed by atoms with E-state index in [1.807, 2.05) is 12.1 Å². The van der Waals surface area contributed by atoms with Crippen molar-refractivity contribution >= 4 is 15.9 Å². The molecule has 1 aromatic carbocycles. The average Bonchev–Trinajstić information content (AvgIpc) is 2.71. The van der Waals surface area contributed by atoms with Crippen LogP contribution in [0.3, 0.4) is 0 Å². The van der Waals surface area contributed by atoms with Crippen molar-refractivity contribution in [2.75, 3.05) is 19.9 Å². The van der Waals surface area contributed by atoms with E-state index in [0.717, 1.165) is 41.0 Å². The molecule has 1 aliphatic rings. The van der Waals surface area contributed by atoms with Gasteiger partial charge in [-0.05, 0) is 30.7 Å². The monoisotopic (exact) mass is 287 g/mol. The predicted octanol–water partition coefficient (Wildman–Crippen LogP) is 1.65. The van der Waals surface area contributed by atoms with Gasteiger partial charge in [-0.1, -0.05) is 15.9 Å². The molecule has 4 nitrogen and oxygen atoms in total. The second-order valence-electron chi connectivity index (χ2n) is 3.55. The van der Waals surface area contributed by atoms with Crippen molar-refractivity contribution in [3.63, 3.8) is 0 Å². The highest BCUT2D eigenvalue weighted by Crippen LogP contribution is 2.36. The van der Waals surface area contributed by atoms with Crippen LogP contribution in [-0.2, 0) is 6.54 Å². The summed E-state index contributed by atoms with van der Waals surface area (Å²) in [5.74, 6) is 1.58. The maximum absolute atomic E-state index is 8.66. The van der Waals surface area contributed by atoms with Gasteiger partial charge in [0, 0.05) is 17.6 Å². The smallest absolute Gasteiger partial charge is 0.231 e. The zero-order chi connectivity index (χ0) is 11.4. The summed E-state index contributed by atoms with van der Waals surface area (Å²) in [4.78, 5) is 0. The third kappa shape index (κ3) is 2.66. The highest BCUT2D eigenvalue weighted by Gasteiger charge is 2.15. The van der Waals surface area contributed by atoms with Crippen molar-refractivity contribution in [1.82, 2.24) is 5.32 Å². The predicted molar refractivity (Wildman–Crippen MR) is 63.7 cm³/mol. The molecule has 88 valence electrons. The third-order valence-corrected chi connectivity index (χ3v) is 3.11. The minimum Gasteiger partial charge on any atom is -0.454 e. The quantitative estimate of drug-likeness (QED) is 0.809. The molecular weight excluding hydrogens is 274 g/mol. The summed E-state index contributed by atoms with van der Waals surface area (Å²) < 4.78 is 11.6. The standard InChI is InChI=1S/C11H14BrNO3/c12-9-5-11-10(15-7-16-11)4-8(9)6-13-2-1-3-14/h4-5,13-14H,1-3,6-7H2. The van der Waals surface area contributed by atoms with Gasteiger partial charge in [0.25, 0.3) is 0 Å². The normalized spacial score (nSPS) is 13.1. The van der Waals surface area contributed by atoms with Crippen LogP contribution in [0.4, 0.5) is 0 Å². The van der Waals surface area contributed by atoms with Crippen molar-refractivity contribution in [3.05, 3.63) is 22.2 Å². The summed E-state index contributed by atoms with van der Waals surface area (Å²) in [6.07, 6.45) is 0.766. The summed E-state index contributed by atoms with van der Waals surface area (Å²) in [5, 5.41) is 11.9. The van der Waals surface area contributed by atoms with Crippen LogP contribution in [0.25, 0.3) is 0 Å². The lowest BCUT2D eigenvalue weighted by Gasteiger charge is -2.07. The first kappa shape index (κ1) is 11.7. The van der Waals surface area contributed by atoms with E-state index in [2.05, 4.69) is 21.2 Å². The lowest BCUT2D eigenvalue weighted by atomic mass is 10.2. The van der Waals surface area contributed by atoms with Crippen molar-refractivity contribution in [2.24, 2.45) is 0 Å². The van der Waals surface area contributed by atoms with Crippen LogP contribution in [0.5, 0.6) is 11.5 Å². The summed E-state index contributed by atoms with van der Waals surface area (Å²) in [5.41, 5.74) is 1.13. The van der Waals surface area contributed by atoms with Gasteiger partial charge in [-0.3, -0.25) is 0 Å². The van der Waals surface area contributed by atoms with Gasteiger partial charge in [-0.25, -0.2) is 0 Å². The molecule has 0 bridgehead atoms. The lowest BCUT2D eigenvalue weighted by Crippen LogP contribution is -2.15. The molecule has 1 aromatic rings. The van der Waals surface area contributed by atoms with Gasteiger partial charge in [0.1, 0.15) is 0 Å². The largest absolute Gasteiger partial charge is 0.454 e. The van der Waals surface area contributed by atoms with E-state index in [9.17, 15) is 0 Å². The van der Waals surface area contributed by atoms with Crippen molar-refractivity contribution in [2.45, 2.75) is 13.0 Å². The van der Waals surface area contributed by atoms with Gasteiger partial charge in [0.2, 0.25) is 6.79 Å². The van der Waals surface area contributed by atoms with Crippen LogP contribution < -0.4 is 14.8 Å². The molecule has 1 aliphatic heterocycles. The molecule has 2 N–H and O–H groups in total. The van der Waals surface area contributed by atoms with Gasteiger partial charge in [0.15, 0.2) is 11.5 Å². The summed E-state index contributed by atoms with van der Waals surface area (Å²) in [7, 11) is 0. The molecule has 0 radical (unpaired) electrons. The number of ether oxygens (including phenoxy) is 2. The Morgan fingerprint density at radius 1 is 1.31 bits per heavy atom. The van der Waals surface area contributed by atoms with E-state index in [-0.39, 0.29) is 6.61 Å². The fraction of sp³-hybridized carbons (Fsp3) is 0.455. The first-order chi connectivity index (χ1) is 7.81. The van der Waals surface area contributed by atoms with Crippen molar-refractivity contribution in [3.8, 4) is 11.5 Å². The first-order valence-corrected chi connectivity index (χ1v) is 6.00. The Balaban J connectivity index is 1.98. The third-order valence-electron chi connectivity index (χ3n) is 2.37. The van der Waals surface area contributed by atoms with Crippen LogP contribution >= 0.6 is 15.9 Å². The number of fused-ring (bicyclic) bond motifs is 1. The Labute approximate surface area is 103 Å².